The fraction of sp³-hybridized carbons (Fsp3) is 0.186. The number of benzene rings is 6. The molecule has 1 fully saturated rings. The molecule has 2 aliphatic heterocycles. The van der Waals surface area contributed by atoms with Gasteiger partial charge in [0.15, 0.2) is 17.5 Å². The van der Waals surface area contributed by atoms with Crippen LogP contribution in [0, 0.1) is 0 Å². The quantitative estimate of drug-likeness (QED) is 0.0226. The molecule has 1 saturated heterocycles. The molecule has 10 rings (SSSR count). The highest BCUT2D eigenvalue weighted by molar-refractivity contribution is 9.09. The number of carbonyl (C=O) groups is 3. The van der Waals surface area contributed by atoms with E-state index in [0.29, 0.717) is 16.4 Å². The van der Waals surface area contributed by atoms with Crippen molar-refractivity contribution in [3.8, 4) is 0 Å². The first-order valence-electron chi connectivity index (χ1n) is 24.3. The van der Waals surface area contributed by atoms with Crippen molar-refractivity contribution in [2.24, 2.45) is 5.16 Å². The van der Waals surface area contributed by atoms with Crippen LogP contribution in [0.5, 0.6) is 0 Å². The Kier molecular flexibility index (Phi) is 14.6. The van der Waals surface area contributed by atoms with Gasteiger partial charge in [-0.15, -0.1) is 11.3 Å². The van der Waals surface area contributed by atoms with Crippen LogP contribution in [0.15, 0.2) is 216 Å². The van der Waals surface area contributed by atoms with Gasteiger partial charge in [-0.2, -0.15) is 5.10 Å². The minimum atomic E-state index is -1.69. The van der Waals surface area contributed by atoms with Gasteiger partial charge in [-0.3, -0.25) is 23.4 Å². The van der Waals surface area contributed by atoms with Gasteiger partial charge < -0.3 is 20.2 Å². The van der Waals surface area contributed by atoms with Crippen LogP contribution in [-0.4, -0.2) is 75.5 Å². The molecule has 378 valence electrons. The average molecular weight is 1100 g/mol. The fourth-order valence-corrected chi connectivity index (χ4v) is 13.0. The van der Waals surface area contributed by atoms with Crippen molar-refractivity contribution in [1.29, 1.82) is 0 Å². The lowest BCUT2D eigenvalue weighted by Crippen LogP contribution is -2.74. The molecule has 0 saturated carbocycles. The molecule has 0 aliphatic carbocycles. The maximum absolute atomic E-state index is 14.8. The summed E-state index contributed by atoms with van der Waals surface area (Å²) in [6.07, 6.45) is 1.90. The number of alkyl halides is 1. The summed E-state index contributed by atoms with van der Waals surface area (Å²) in [4.78, 5) is 54.8. The van der Waals surface area contributed by atoms with E-state index in [1.807, 2.05) is 126 Å². The SMILES string of the molecule is CC(C)(C)OC(=O)C1=C(CBr)CS(=O)[C@@H]2[C@H](NC(=O)C(=NOCc3ccn(C(c4ccccc4)(c4ccccc4)c4ccccc4)n3)c3csc(NC(c4ccccc4)(c4ccccc4)c4ccccc4)n3)C(=O)N12. The third-order valence-corrected chi connectivity index (χ3v) is 16.1. The molecule has 2 aromatic heterocycles. The lowest BCUT2D eigenvalue weighted by atomic mass is 9.77. The molecule has 3 atom stereocenters. The van der Waals surface area contributed by atoms with Gasteiger partial charge in [0, 0.05) is 16.9 Å². The van der Waals surface area contributed by atoms with Gasteiger partial charge in [0.1, 0.15) is 45.2 Å². The van der Waals surface area contributed by atoms with Crippen LogP contribution >= 0.6 is 27.3 Å². The number of thiazole rings is 1. The number of rotatable bonds is 17. The summed E-state index contributed by atoms with van der Waals surface area (Å²) < 4.78 is 21.5. The zero-order valence-electron chi connectivity index (χ0n) is 41.2. The van der Waals surface area contributed by atoms with Crippen LogP contribution in [0.2, 0.25) is 0 Å². The van der Waals surface area contributed by atoms with Gasteiger partial charge in [-0.25, -0.2) is 9.78 Å². The van der Waals surface area contributed by atoms with Gasteiger partial charge >= 0.3 is 5.97 Å². The molecule has 4 heterocycles. The van der Waals surface area contributed by atoms with Gasteiger partial charge in [-0.1, -0.05) is 203 Å². The number of fused-ring (bicyclic) bond motifs is 1. The van der Waals surface area contributed by atoms with E-state index in [-0.39, 0.29) is 34.8 Å². The van der Waals surface area contributed by atoms with Crippen molar-refractivity contribution in [1.82, 2.24) is 25.0 Å². The van der Waals surface area contributed by atoms with E-state index in [1.165, 1.54) is 16.2 Å². The summed E-state index contributed by atoms with van der Waals surface area (Å²) >= 11 is 4.67. The van der Waals surface area contributed by atoms with E-state index in [2.05, 4.69) is 105 Å². The number of nitrogens with one attached hydrogen (secondary N) is 2. The lowest BCUT2D eigenvalue weighted by molar-refractivity contribution is -0.158. The van der Waals surface area contributed by atoms with Crippen molar-refractivity contribution in [2.45, 2.75) is 55.5 Å². The summed E-state index contributed by atoms with van der Waals surface area (Å²) in [6, 6.07) is 61.2. The van der Waals surface area contributed by atoms with E-state index < -0.39 is 56.7 Å². The predicted octanol–water partition coefficient (Wildman–Crippen LogP) is 9.91. The summed E-state index contributed by atoms with van der Waals surface area (Å²) in [5.74, 6) is -2.16. The Morgan fingerprint density at radius 1 is 0.733 bits per heavy atom. The maximum Gasteiger partial charge on any atom is 0.355 e. The first kappa shape index (κ1) is 50.7. The summed E-state index contributed by atoms with van der Waals surface area (Å²) in [5.41, 5.74) is 3.99. The van der Waals surface area contributed by atoms with Crippen LogP contribution in [-0.2, 0) is 52.4 Å². The van der Waals surface area contributed by atoms with Gasteiger partial charge in [0.25, 0.3) is 11.8 Å². The zero-order valence-corrected chi connectivity index (χ0v) is 44.4. The number of hydrogen-bond donors (Lipinski definition) is 2. The number of amides is 2. The van der Waals surface area contributed by atoms with E-state index >= 15 is 0 Å². The molecule has 2 amide bonds. The number of β-lactam (4-membered cyclic amide) rings is 1. The van der Waals surface area contributed by atoms with Crippen molar-refractivity contribution >= 4 is 66.7 Å². The van der Waals surface area contributed by atoms with E-state index in [4.69, 9.17) is 19.7 Å². The molecule has 1 unspecified atom stereocenters. The molecule has 0 radical (unpaired) electrons. The Balaban J connectivity index is 1.01. The molecule has 75 heavy (non-hydrogen) atoms. The van der Waals surface area contributed by atoms with Gasteiger partial charge in [-0.05, 0) is 65.8 Å². The molecule has 16 heteroatoms. The second-order valence-electron chi connectivity index (χ2n) is 18.9. The number of nitrogens with zero attached hydrogens (tertiary/aromatic N) is 5. The minimum Gasteiger partial charge on any atom is -0.455 e. The number of esters is 1. The second-order valence-corrected chi connectivity index (χ2v) is 21.9. The standard InChI is InChI=1S/C59H52BrN7O6S2/c1-57(2,3)73-55(70)51-40(36-60)39-75(71)54-50(53(69)67(51)54)62-52(68)49(48-38-74-56(61-48)63-58(41-22-10-4-11-23-41,42-24-12-5-13-25-42)43-26-14-6-15-27-43)65-72-37-47-34-35-66(64-47)59(44-28-16-7-17-29-44,45-30-18-8-19-31-45)46-32-20-9-21-33-46/h4-35,38,50,54H,36-37,39H2,1-3H3,(H,61,63)(H,62,68)/t50-,54-,75?/m1/s1. The number of ether oxygens (including phenoxy) is 1. The molecule has 2 N–H and O–H groups in total. The Morgan fingerprint density at radius 2 is 1.21 bits per heavy atom. The second kappa shape index (κ2) is 21.6. The maximum atomic E-state index is 14.8. The molecular formula is C59H52BrN7O6S2. The van der Waals surface area contributed by atoms with Gasteiger partial charge in [0.05, 0.1) is 16.6 Å². The molecule has 0 spiro atoms. The Morgan fingerprint density at radius 3 is 1.68 bits per heavy atom. The molecule has 13 nitrogen and oxygen atoms in total. The highest BCUT2D eigenvalue weighted by Gasteiger charge is 2.58. The van der Waals surface area contributed by atoms with Crippen LogP contribution in [0.25, 0.3) is 0 Å². The number of aromatic nitrogens is 3. The smallest absolute Gasteiger partial charge is 0.355 e. The third kappa shape index (κ3) is 9.88. The normalized spacial score (nSPS) is 16.9. The van der Waals surface area contributed by atoms with Crippen molar-refractivity contribution in [2.75, 3.05) is 16.4 Å². The fourth-order valence-electron chi connectivity index (χ4n) is 9.79. The molecule has 0 bridgehead atoms. The predicted molar refractivity (Wildman–Crippen MR) is 295 cm³/mol. The third-order valence-electron chi connectivity index (χ3n) is 13.1. The lowest BCUT2D eigenvalue weighted by Gasteiger charge is -2.49. The van der Waals surface area contributed by atoms with Crippen molar-refractivity contribution in [3.05, 3.63) is 256 Å². The highest BCUT2D eigenvalue weighted by atomic mass is 79.9. The summed E-state index contributed by atoms with van der Waals surface area (Å²) in [6.45, 7) is 5.02. The first-order chi connectivity index (χ1) is 36.4. The Labute approximate surface area is 449 Å². The number of halogens is 1. The van der Waals surface area contributed by atoms with Crippen LogP contribution in [0.4, 0.5) is 5.13 Å². The molecule has 8 aromatic rings. The van der Waals surface area contributed by atoms with E-state index in [0.717, 1.165) is 33.4 Å². The van der Waals surface area contributed by atoms with Crippen LogP contribution in [0.1, 0.15) is 65.5 Å². The highest BCUT2D eigenvalue weighted by Crippen LogP contribution is 2.43. The number of hydrogen-bond acceptors (Lipinski definition) is 11. The number of carbonyl (C=O) groups excluding carboxylic acids is 3. The van der Waals surface area contributed by atoms with Crippen molar-refractivity contribution in [3.63, 3.8) is 0 Å². The number of anilines is 1. The van der Waals surface area contributed by atoms with E-state index in [9.17, 15) is 18.6 Å². The largest absolute Gasteiger partial charge is 0.455 e. The molecule has 2 aliphatic rings. The molecular weight excluding hydrogens is 1050 g/mol. The first-order valence-corrected chi connectivity index (χ1v) is 27.7. The van der Waals surface area contributed by atoms with Gasteiger partial charge in [0.2, 0.25) is 0 Å². The Hall–Kier alpha value is -7.79. The average Bonchev–Trinajstić information content (AvgIpc) is 4.12. The molecule has 6 aromatic carbocycles. The summed E-state index contributed by atoms with van der Waals surface area (Å²) in [7, 11) is -1.69. The Bertz CT molecular complexity index is 3210. The minimum absolute atomic E-state index is 0.00937. The van der Waals surface area contributed by atoms with E-state index in [1.54, 1.807) is 26.2 Å². The monoisotopic (exact) mass is 1100 g/mol. The number of oxime groups is 1. The summed E-state index contributed by atoms with van der Waals surface area (Å²) in [5, 5.41) is 17.4. The van der Waals surface area contributed by atoms with Crippen molar-refractivity contribution < 1.29 is 28.2 Å². The van der Waals surface area contributed by atoms with Crippen LogP contribution in [0.3, 0.4) is 0 Å². The zero-order chi connectivity index (χ0) is 52.2. The topological polar surface area (TPSA) is 157 Å². The van der Waals surface area contributed by atoms with Crippen LogP contribution < -0.4 is 10.6 Å².